The highest BCUT2D eigenvalue weighted by atomic mass is 32.2. The molecule has 0 atom stereocenters. The zero-order chi connectivity index (χ0) is 14.8. The van der Waals surface area contributed by atoms with Gasteiger partial charge in [0.15, 0.2) is 0 Å². The Kier molecular flexibility index (Phi) is 4.20. The molecule has 0 aliphatic rings. The molecule has 2 aromatic carbocycles. The number of benzene rings is 2. The molecular formula is C15H15FO3S. The van der Waals surface area contributed by atoms with Crippen molar-refractivity contribution in [1.29, 1.82) is 0 Å². The molecule has 0 spiro atoms. The van der Waals surface area contributed by atoms with Crippen LogP contribution in [-0.4, -0.2) is 15.0 Å². The van der Waals surface area contributed by atoms with Gasteiger partial charge in [-0.25, -0.2) is 4.39 Å². The Labute approximate surface area is 118 Å². The van der Waals surface area contributed by atoms with Gasteiger partial charge >= 0.3 is 0 Å². The summed E-state index contributed by atoms with van der Waals surface area (Å²) in [5.74, 6) is -0.329. The number of hydrogen-bond acceptors (Lipinski definition) is 3. The summed E-state index contributed by atoms with van der Waals surface area (Å²) < 4.78 is 41.5. The fourth-order valence-corrected chi connectivity index (χ4v) is 2.86. The number of rotatable bonds is 4. The van der Waals surface area contributed by atoms with Gasteiger partial charge in [0.1, 0.15) is 5.82 Å². The molecular weight excluding hydrogens is 279 g/mol. The minimum Gasteiger partial charge on any atom is -0.267 e. The molecule has 0 aromatic heterocycles. The molecule has 0 aliphatic heterocycles. The maximum atomic E-state index is 13.0. The van der Waals surface area contributed by atoms with Crippen molar-refractivity contribution >= 4 is 10.1 Å². The third-order valence-corrected chi connectivity index (χ3v) is 4.30. The first-order chi connectivity index (χ1) is 9.44. The average molecular weight is 294 g/mol. The molecule has 5 heteroatoms. The summed E-state index contributed by atoms with van der Waals surface area (Å²) in [6, 6.07) is 10.7. The maximum absolute atomic E-state index is 13.0. The van der Waals surface area contributed by atoms with Gasteiger partial charge in [0, 0.05) is 0 Å². The average Bonchev–Trinajstić information content (AvgIpc) is 2.40. The van der Waals surface area contributed by atoms with Crippen LogP contribution in [0.1, 0.15) is 12.5 Å². The largest absolute Gasteiger partial charge is 0.296 e. The second-order valence-corrected chi connectivity index (χ2v) is 5.96. The molecule has 0 saturated heterocycles. The fourth-order valence-electron chi connectivity index (χ4n) is 1.92. The summed E-state index contributed by atoms with van der Waals surface area (Å²) >= 11 is 0. The van der Waals surface area contributed by atoms with Gasteiger partial charge < -0.3 is 0 Å². The van der Waals surface area contributed by atoms with Crippen LogP contribution in [0, 0.1) is 12.7 Å². The highest BCUT2D eigenvalue weighted by Gasteiger charge is 2.16. The van der Waals surface area contributed by atoms with Crippen LogP contribution >= 0.6 is 0 Å². The van der Waals surface area contributed by atoms with Crippen LogP contribution in [0.4, 0.5) is 4.39 Å². The van der Waals surface area contributed by atoms with Crippen LogP contribution in [0.25, 0.3) is 11.1 Å². The fraction of sp³-hybridized carbons (Fsp3) is 0.200. The molecule has 0 amide bonds. The first-order valence-corrected chi connectivity index (χ1v) is 7.61. The molecule has 2 aromatic rings. The quantitative estimate of drug-likeness (QED) is 0.810. The summed E-state index contributed by atoms with van der Waals surface area (Å²) in [5, 5.41) is 0. The molecule has 2 rings (SSSR count). The zero-order valence-corrected chi connectivity index (χ0v) is 12.1. The minimum absolute atomic E-state index is 0.0854. The van der Waals surface area contributed by atoms with Crippen LogP contribution < -0.4 is 0 Å². The van der Waals surface area contributed by atoms with Crippen molar-refractivity contribution in [2.75, 3.05) is 6.61 Å². The van der Waals surface area contributed by atoms with Gasteiger partial charge in [-0.1, -0.05) is 18.2 Å². The van der Waals surface area contributed by atoms with Crippen molar-refractivity contribution in [3.05, 3.63) is 53.8 Å². The lowest BCUT2D eigenvalue weighted by Crippen LogP contribution is -2.06. The molecule has 0 aliphatic carbocycles. The third-order valence-electron chi connectivity index (χ3n) is 2.93. The van der Waals surface area contributed by atoms with Crippen LogP contribution in [0.5, 0.6) is 0 Å². The first kappa shape index (κ1) is 14.7. The third kappa shape index (κ3) is 3.05. The molecule has 0 fully saturated rings. The second kappa shape index (κ2) is 5.73. The van der Waals surface area contributed by atoms with E-state index in [4.69, 9.17) is 4.18 Å². The maximum Gasteiger partial charge on any atom is 0.296 e. The minimum atomic E-state index is -3.74. The van der Waals surface area contributed by atoms with Gasteiger partial charge in [0.05, 0.1) is 11.5 Å². The summed E-state index contributed by atoms with van der Waals surface area (Å²) in [5.41, 5.74) is 2.41. The van der Waals surface area contributed by atoms with Gasteiger partial charge in [0.2, 0.25) is 0 Å². The Balaban J connectivity index is 2.52. The lowest BCUT2D eigenvalue weighted by molar-refractivity contribution is 0.338. The van der Waals surface area contributed by atoms with Gasteiger partial charge in [-0.2, -0.15) is 8.42 Å². The molecule has 0 unspecified atom stereocenters. The Morgan fingerprint density at radius 3 is 2.35 bits per heavy atom. The molecule has 0 N–H and O–H groups in total. The van der Waals surface area contributed by atoms with Gasteiger partial charge in [-0.3, -0.25) is 4.18 Å². The number of hydrogen-bond donors (Lipinski definition) is 0. The second-order valence-electron chi connectivity index (χ2n) is 4.34. The van der Waals surface area contributed by atoms with Crippen LogP contribution in [0.2, 0.25) is 0 Å². The lowest BCUT2D eigenvalue weighted by Gasteiger charge is -2.09. The van der Waals surface area contributed by atoms with Crippen LogP contribution in [0.15, 0.2) is 47.4 Å². The molecule has 0 radical (unpaired) electrons. The van der Waals surface area contributed by atoms with E-state index in [9.17, 15) is 12.8 Å². The summed E-state index contributed by atoms with van der Waals surface area (Å²) in [6.45, 7) is 3.57. The Bertz CT molecular complexity index is 706. The van der Waals surface area contributed by atoms with Crippen molar-refractivity contribution in [3.8, 4) is 11.1 Å². The normalized spacial score (nSPS) is 11.6. The molecule has 0 saturated carbocycles. The monoisotopic (exact) mass is 294 g/mol. The van der Waals surface area contributed by atoms with E-state index in [0.717, 1.165) is 16.7 Å². The van der Waals surface area contributed by atoms with Gasteiger partial charge in [-0.15, -0.1) is 0 Å². The Morgan fingerprint density at radius 2 is 1.75 bits per heavy atom. The van der Waals surface area contributed by atoms with E-state index in [-0.39, 0.29) is 17.3 Å². The zero-order valence-electron chi connectivity index (χ0n) is 11.3. The molecule has 20 heavy (non-hydrogen) atoms. The summed E-state index contributed by atoms with van der Waals surface area (Å²) in [4.78, 5) is 0.101. The van der Waals surface area contributed by atoms with E-state index in [0.29, 0.717) is 0 Å². The van der Waals surface area contributed by atoms with Gasteiger partial charge in [-0.05, 0) is 54.8 Å². The van der Waals surface area contributed by atoms with E-state index in [1.807, 2.05) is 6.92 Å². The summed E-state index contributed by atoms with van der Waals surface area (Å²) in [6.07, 6.45) is 0. The first-order valence-electron chi connectivity index (χ1n) is 6.20. The Morgan fingerprint density at radius 1 is 1.10 bits per heavy atom. The molecule has 0 bridgehead atoms. The van der Waals surface area contributed by atoms with Crippen LogP contribution in [0.3, 0.4) is 0 Å². The highest BCUT2D eigenvalue weighted by molar-refractivity contribution is 7.86. The van der Waals surface area contributed by atoms with Crippen molar-refractivity contribution in [3.63, 3.8) is 0 Å². The van der Waals surface area contributed by atoms with Crippen LogP contribution in [-0.2, 0) is 14.3 Å². The van der Waals surface area contributed by atoms with E-state index >= 15 is 0 Å². The molecule has 106 valence electrons. The molecule has 0 heterocycles. The topological polar surface area (TPSA) is 43.4 Å². The summed E-state index contributed by atoms with van der Waals surface area (Å²) in [7, 11) is -3.74. The Hall–Kier alpha value is -1.72. The van der Waals surface area contributed by atoms with Crippen molar-refractivity contribution < 1.29 is 17.0 Å². The molecule has 3 nitrogen and oxygen atoms in total. The van der Waals surface area contributed by atoms with Crippen molar-refractivity contribution in [1.82, 2.24) is 0 Å². The number of halogens is 1. The standard InChI is InChI=1S/C15H15FO3S/c1-3-19-20(17,18)14-9-4-11(2)15(10-14)12-5-7-13(16)8-6-12/h4-10H,3H2,1-2H3. The van der Waals surface area contributed by atoms with E-state index in [2.05, 4.69) is 0 Å². The van der Waals surface area contributed by atoms with E-state index in [1.54, 1.807) is 31.2 Å². The van der Waals surface area contributed by atoms with E-state index < -0.39 is 10.1 Å². The van der Waals surface area contributed by atoms with Crippen molar-refractivity contribution in [2.24, 2.45) is 0 Å². The lowest BCUT2D eigenvalue weighted by atomic mass is 10.0. The van der Waals surface area contributed by atoms with Gasteiger partial charge in [0.25, 0.3) is 10.1 Å². The predicted molar refractivity (Wildman–Crippen MR) is 75.4 cm³/mol. The van der Waals surface area contributed by atoms with Crippen molar-refractivity contribution in [2.45, 2.75) is 18.7 Å². The van der Waals surface area contributed by atoms with E-state index in [1.165, 1.54) is 18.2 Å². The predicted octanol–water partition coefficient (Wildman–Crippen LogP) is 3.53. The smallest absolute Gasteiger partial charge is 0.267 e. The number of aryl methyl sites for hydroxylation is 1. The SMILES string of the molecule is CCOS(=O)(=O)c1ccc(C)c(-c2ccc(F)cc2)c1. The highest BCUT2D eigenvalue weighted by Crippen LogP contribution is 2.27.